The van der Waals surface area contributed by atoms with Gasteiger partial charge in [0, 0.05) is 23.9 Å². The van der Waals surface area contributed by atoms with Crippen LogP contribution < -0.4 is 20.7 Å². The van der Waals surface area contributed by atoms with E-state index in [-0.39, 0.29) is 16.9 Å². The van der Waals surface area contributed by atoms with Crippen LogP contribution in [0.4, 0.5) is 11.4 Å². The lowest BCUT2D eigenvalue weighted by Crippen LogP contribution is -2.34. The summed E-state index contributed by atoms with van der Waals surface area (Å²) in [5, 5.41) is 8.48. The topological polar surface area (TPSA) is 79.5 Å². The molecule has 2 rings (SSSR count). The molecule has 0 radical (unpaired) electrons. The molecule has 0 aromatic heterocycles. The molecule has 0 unspecified atom stereocenters. The number of aryl methyl sites for hydroxylation is 1. The Labute approximate surface area is 171 Å². The fourth-order valence-electron chi connectivity index (χ4n) is 2.28. The minimum atomic E-state index is -0.342. The number of amides is 2. The molecule has 0 heterocycles. The Morgan fingerprint density at radius 3 is 2.52 bits per heavy atom. The van der Waals surface area contributed by atoms with Crippen LogP contribution in [-0.4, -0.2) is 23.5 Å². The lowest BCUT2D eigenvalue weighted by Gasteiger charge is -2.13. The zero-order valence-electron chi connectivity index (χ0n) is 15.2. The number of rotatable bonds is 5. The fraction of sp³-hybridized carbons (Fsp3) is 0.211. The molecule has 0 fully saturated rings. The minimum Gasteiger partial charge on any atom is -0.493 e. The molecule has 2 amide bonds. The van der Waals surface area contributed by atoms with Crippen molar-refractivity contribution in [3.8, 4) is 5.75 Å². The number of carbonyl (C=O) groups is 2. The van der Waals surface area contributed by atoms with Crippen LogP contribution in [0.15, 0.2) is 40.9 Å². The third kappa shape index (κ3) is 6.04. The predicted octanol–water partition coefficient (Wildman–Crippen LogP) is 4.24. The number of nitrogens with one attached hydrogen (secondary N) is 3. The third-order valence-electron chi connectivity index (χ3n) is 3.53. The van der Waals surface area contributed by atoms with Gasteiger partial charge in [-0.25, -0.2) is 0 Å². The van der Waals surface area contributed by atoms with Crippen LogP contribution in [0, 0.1) is 6.92 Å². The van der Waals surface area contributed by atoms with Crippen molar-refractivity contribution in [1.29, 1.82) is 0 Å². The average Bonchev–Trinajstić information content (AvgIpc) is 2.59. The Hall–Kier alpha value is -2.45. The van der Waals surface area contributed by atoms with E-state index in [0.29, 0.717) is 33.8 Å². The van der Waals surface area contributed by atoms with E-state index in [4.69, 9.17) is 17.0 Å². The normalized spacial score (nSPS) is 10.1. The number of thiocarbonyl (C=S) groups is 1. The monoisotopic (exact) mass is 449 g/mol. The SMILES string of the molecule is CCOc1ccc(C(=O)NC(=S)Nc2ccc(C)c(NC(C)=O)c2)cc1Br. The summed E-state index contributed by atoms with van der Waals surface area (Å²) < 4.78 is 6.12. The van der Waals surface area contributed by atoms with Crippen molar-refractivity contribution >= 4 is 56.4 Å². The smallest absolute Gasteiger partial charge is 0.257 e. The van der Waals surface area contributed by atoms with Crippen molar-refractivity contribution in [2.45, 2.75) is 20.8 Å². The molecule has 3 N–H and O–H groups in total. The summed E-state index contributed by atoms with van der Waals surface area (Å²) in [6.45, 7) is 5.76. The molecule has 0 aliphatic heterocycles. The van der Waals surface area contributed by atoms with Crippen LogP contribution in [0.2, 0.25) is 0 Å². The van der Waals surface area contributed by atoms with Crippen molar-refractivity contribution in [3.05, 3.63) is 52.0 Å². The van der Waals surface area contributed by atoms with Crippen molar-refractivity contribution in [3.63, 3.8) is 0 Å². The van der Waals surface area contributed by atoms with Gasteiger partial charge in [0.25, 0.3) is 5.91 Å². The summed E-state index contributed by atoms with van der Waals surface area (Å²) in [4.78, 5) is 23.6. The maximum atomic E-state index is 12.4. The molecule has 0 aliphatic rings. The van der Waals surface area contributed by atoms with Gasteiger partial charge >= 0.3 is 0 Å². The highest BCUT2D eigenvalue weighted by molar-refractivity contribution is 9.10. The number of ether oxygens (including phenoxy) is 1. The number of anilines is 2. The highest BCUT2D eigenvalue weighted by Gasteiger charge is 2.11. The zero-order valence-corrected chi connectivity index (χ0v) is 17.6. The molecule has 2 aromatic rings. The molecule has 0 saturated carbocycles. The van der Waals surface area contributed by atoms with Gasteiger partial charge < -0.3 is 15.4 Å². The second-order valence-corrected chi connectivity index (χ2v) is 6.96. The Morgan fingerprint density at radius 2 is 1.89 bits per heavy atom. The molecule has 0 saturated heterocycles. The predicted molar refractivity (Wildman–Crippen MR) is 114 cm³/mol. The largest absolute Gasteiger partial charge is 0.493 e. The number of benzene rings is 2. The second kappa shape index (κ2) is 9.48. The average molecular weight is 450 g/mol. The van der Waals surface area contributed by atoms with Crippen molar-refractivity contribution in [2.24, 2.45) is 0 Å². The minimum absolute atomic E-state index is 0.155. The summed E-state index contributed by atoms with van der Waals surface area (Å²) in [6.07, 6.45) is 0. The summed E-state index contributed by atoms with van der Waals surface area (Å²) in [5.41, 5.74) is 2.70. The van der Waals surface area contributed by atoms with E-state index in [1.807, 2.05) is 26.0 Å². The molecular formula is C19H20BrN3O3S. The molecule has 2 aromatic carbocycles. The van der Waals surface area contributed by atoms with Gasteiger partial charge in [0.05, 0.1) is 11.1 Å². The Kier molecular flexibility index (Phi) is 7.32. The van der Waals surface area contributed by atoms with Crippen molar-refractivity contribution in [1.82, 2.24) is 5.32 Å². The first kappa shape index (κ1) is 20.9. The van der Waals surface area contributed by atoms with Crippen LogP contribution in [0.5, 0.6) is 5.75 Å². The number of carbonyl (C=O) groups excluding carboxylic acids is 2. The van der Waals surface area contributed by atoms with Gasteiger partial charge in [0.15, 0.2) is 5.11 Å². The van der Waals surface area contributed by atoms with Gasteiger partial charge in [-0.3, -0.25) is 14.9 Å². The second-order valence-electron chi connectivity index (χ2n) is 5.70. The molecule has 142 valence electrons. The molecule has 0 aliphatic carbocycles. The van der Waals surface area contributed by atoms with Gasteiger partial charge in [-0.2, -0.15) is 0 Å². The summed E-state index contributed by atoms with van der Waals surface area (Å²) in [6, 6.07) is 10.5. The van der Waals surface area contributed by atoms with Crippen molar-refractivity contribution < 1.29 is 14.3 Å². The maximum Gasteiger partial charge on any atom is 0.257 e. The third-order valence-corrected chi connectivity index (χ3v) is 4.35. The number of hydrogen-bond acceptors (Lipinski definition) is 4. The summed E-state index contributed by atoms with van der Waals surface area (Å²) in [5.74, 6) is 0.164. The van der Waals surface area contributed by atoms with E-state index in [1.54, 1.807) is 24.3 Å². The maximum absolute atomic E-state index is 12.4. The highest BCUT2D eigenvalue weighted by atomic mass is 79.9. The molecule has 0 bridgehead atoms. The standard InChI is InChI=1S/C19H20BrN3O3S/c1-4-26-17-8-6-13(9-15(17)20)18(25)23-19(27)22-14-7-5-11(2)16(10-14)21-12(3)24/h5-10H,4H2,1-3H3,(H,21,24)(H2,22,23,25,27). The van der Waals surface area contributed by atoms with Gasteiger partial charge in [0.2, 0.25) is 5.91 Å². The molecule has 27 heavy (non-hydrogen) atoms. The molecule has 0 atom stereocenters. The highest BCUT2D eigenvalue weighted by Crippen LogP contribution is 2.26. The van der Waals surface area contributed by atoms with Crippen LogP contribution in [0.3, 0.4) is 0 Å². The molecule has 6 nitrogen and oxygen atoms in total. The fourth-order valence-corrected chi connectivity index (χ4v) is 2.98. The lowest BCUT2D eigenvalue weighted by molar-refractivity contribution is -0.114. The number of hydrogen-bond donors (Lipinski definition) is 3. The molecular weight excluding hydrogens is 430 g/mol. The van der Waals surface area contributed by atoms with E-state index in [1.165, 1.54) is 6.92 Å². The molecule has 0 spiro atoms. The van der Waals surface area contributed by atoms with Crippen LogP contribution in [0.1, 0.15) is 29.8 Å². The van der Waals surface area contributed by atoms with Gasteiger partial charge in [0.1, 0.15) is 5.75 Å². The first-order valence-corrected chi connectivity index (χ1v) is 9.43. The van der Waals surface area contributed by atoms with Gasteiger partial charge in [-0.15, -0.1) is 0 Å². The quantitative estimate of drug-likeness (QED) is 0.594. The van der Waals surface area contributed by atoms with Crippen molar-refractivity contribution in [2.75, 3.05) is 17.2 Å². The Balaban J connectivity index is 2.04. The Bertz CT molecular complexity index is 886. The van der Waals surface area contributed by atoms with E-state index < -0.39 is 0 Å². The Morgan fingerprint density at radius 1 is 1.15 bits per heavy atom. The van der Waals surface area contributed by atoms with Crippen LogP contribution in [0.25, 0.3) is 0 Å². The zero-order chi connectivity index (χ0) is 20.0. The molecule has 8 heteroatoms. The summed E-state index contributed by atoms with van der Waals surface area (Å²) >= 11 is 8.59. The number of halogens is 1. The van der Waals surface area contributed by atoms with E-state index in [9.17, 15) is 9.59 Å². The van der Waals surface area contributed by atoms with Gasteiger partial charge in [-0.1, -0.05) is 6.07 Å². The van der Waals surface area contributed by atoms with Crippen LogP contribution in [-0.2, 0) is 4.79 Å². The van der Waals surface area contributed by atoms with Gasteiger partial charge in [-0.05, 0) is 77.9 Å². The first-order chi connectivity index (χ1) is 12.8. The van der Waals surface area contributed by atoms with Crippen LogP contribution >= 0.6 is 28.1 Å². The lowest BCUT2D eigenvalue weighted by atomic mass is 10.2. The van der Waals surface area contributed by atoms with E-state index >= 15 is 0 Å². The van der Waals surface area contributed by atoms with E-state index in [2.05, 4.69) is 31.9 Å². The van der Waals surface area contributed by atoms with E-state index in [0.717, 1.165) is 5.56 Å². The summed E-state index contributed by atoms with van der Waals surface area (Å²) in [7, 11) is 0. The first-order valence-electron chi connectivity index (χ1n) is 8.23.